The molecule has 3 atom stereocenters. The molecule has 0 aliphatic carbocycles. The van der Waals surface area contributed by atoms with Crippen molar-refractivity contribution < 1.29 is 9.21 Å². The van der Waals surface area contributed by atoms with Gasteiger partial charge in [-0.1, -0.05) is 56.5 Å². The van der Waals surface area contributed by atoms with Gasteiger partial charge < -0.3 is 13.5 Å². The maximum Gasteiger partial charge on any atom is 0.242 e. The molecule has 0 spiro atoms. The van der Waals surface area contributed by atoms with Gasteiger partial charge in [0.1, 0.15) is 34.3 Å². The SMILES string of the molecule is C[C@H](c1ccccc1)N1C(=O)[C@H](N2[Si](C)(C)CC[Si]2(C)C)[C@H]1c1ccco1. The number of furan rings is 1. The maximum atomic E-state index is 13.5. The van der Waals surface area contributed by atoms with Crippen molar-refractivity contribution in [2.75, 3.05) is 0 Å². The summed E-state index contributed by atoms with van der Waals surface area (Å²) >= 11 is 0. The first kappa shape index (κ1) is 18.7. The van der Waals surface area contributed by atoms with E-state index in [0.29, 0.717) is 0 Å². The molecule has 2 aliphatic heterocycles. The zero-order valence-corrected chi connectivity index (χ0v) is 19.0. The number of likely N-dealkylation sites (tertiary alicyclic amines) is 1. The van der Waals surface area contributed by atoms with E-state index in [1.54, 1.807) is 6.26 Å². The maximum absolute atomic E-state index is 13.5. The van der Waals surface area contributed by atoms with Crippen LogP contribution in [0.2, 0.25) is 38.3 Å². The zero-order chi connectivity index (χ0) is 19.4. The molecule has 2 aliphatic rings. The van der Waals surface area contributed by atoms with Crippen molar-refractivity contribution in [3.8, 4) is 0 Å². The van der Waals surface area contributed by atoms with Crippen LogP contribution in [0.4, 0.5) is 0 Å². The number of carbonyl (C=O) groups is 1. The minimum atomic E-state index is -1.57. The lowest BCUT2D eigenvalue weighted by atomic mass is 9.89. The topological polar surface area (TPSA) is 36.7 Å². The molecule has 3 heterocycles. The standard InChI is InChI=1S/C21H30N2O2Si2/c1-16(17-10-7-6-8-11-17)22-19(18-12-9-13-25-18)20(21(22)24)23-26(2,3)14-15-27(23,4)5/h6-13,16,19-20H,14-15H2,1-5H3/t16-,19-,20-/m1/s1. The van der Waals surface area contributed by atoms with Crippen LogP contribution in [0.25, 0.3) is 0 Å². The molecule has 0 unspecified atom stereocenters. The molecule has 2 saturated heterocycles. The van der Waals surface area contributed by atoms with Crippen LogP contribution in [0.1, 0.15) is 30.3 Å². The highest BCUT2D eigenvalue weighted by Gasteiger charge is 2.62. The molecule has 0 N–H and O–H groups in total. The average Bonchev–Trinajstić information content (AvgIpc) is 3.22. The van der Waals surface area contributed by atoms with E-state index in [9.17, 15) is 4.79 Å². The largest absolute Gasteiger partial charge is 0.467 e. The van der Waals surface area contributed by atoms with Crippen LogP contribution in [0.3, 0.4) is 0 Å². The Balaban J connectivity index is 1.73. The van der Waals surface area contributed by atoms with Crippen LogP contribution >= 0.6 is 0 Å². The Morgan fingerprint density at radius 3 is 2.15 bits per heavy atom. The van der Waals surface area contributed by atoms with Crippen molar-refractivity contribution in [1.29, 1.82) is 0 Å². The van der Waals surface area contributed by atoms with Gasteiger partial charge in [-0.2, -0.15) is 0 Å². The molecule has 1 aromatic carbocycles. The smallest absolute Gasteiger partial charge is 0.242 e. The molecule has 0 radical (unpaired) electrons. The number of hydrogen-bond acceptors (Lipinski definition) is 3. The highest BCUT2D eigenvalue weighted by Crippen LogP contribution is 2.50. The second-order valence-corrected chi connectivity index (χ2v) is 18.9. The summed E-state index contributed by atoms with van der Waals surface area (Å²) in [4.78, 5) is 15.6. The number of β-lactam (4-membered cyclic amide) rings is 1. The Morgan fingerprint density at radius 2 is 1.59 bits per heavy atom. The van der Waals surface area contributed by atoms with Crippen LogP contribution in [-0.2, 0) is 4.79 Å². The van der Waals surface area contributed by atoms with Crippen LogP contribution in [0.5, 0.6) is 0 Å². The van der Waals surface area contributed by atoms with E-state index in [1.807, 2.05) is 35.2 Å². The van der Waals surface area contributed by atoms with Gasteiger partial charge in [-0.25, -0.2) is 0 Å². The highest BCUT2D eigenvalue weighted by atomic mass is 28.4. The monoisotopic (exact) mass is 398 g/mol. The Morgan fingerprint density at radius 1 is 0.963 bits per heavy atom. The normalized spacial score (nSPS) is 28.2. The number of benzene rings is 1. The fraction of sp³-hybridized carbons (Fsp3) is 0.476. The van der Waals surface area contributed by atoms with Gasteiger partial charge in [-0.05, 0) is 36.7 Å². The lowest BCUT2D eigenvalue weighted by Crippen LogP contribution is -2.73. The predicted octanol–water partition coefficient (Wildman–Crippen LogP) is 5.02. The summed E-state index contributed by atoms with van der Waals surface area (Å²) in [6, 6.07) is 16.9. The third-order valence-corrected chi connectivity index (χ3v) is 16.8. The Hall–Kier alpha value is -1.64. The third kappa shape index (κ3) is 2.94. The molecular weight excluding hydrogens is 368 g/mol. The number of carbonyl (C=O) groups excluding carboxylic acids is 1. The molecular formula is C21H30N2O2Si2. The van der Waals surface area contributed by atoms with Gasteiger partial charge in [-0.3, -0.25) is 4.79 Å². The summed E-state index contributed by atoms with van der Waals surface area (Å²) in [5, 5.41) is 0. The first-order valence-corrected chi connectivity index (χ1v) is 16.2. The molecule has 0 saturated carbocycles. The average molecular weight is 399 g/mol. The molecule has 1 amide bonds. The van der Waals surface area contributed by atoms with Gasteiger partial charge in [0.05, 0.1) is 12.3 Å². The lowest BCUT2D eigenvalue weighted by Gasteiger charge is -2.57. The molecule has 27 heavy (non-hydrogen) atoms. The fourth-order valence-electron chi connectivity index (χ4n) is 5.25. The van der Waals surface area contributed by atoms with Crippen molar-refractivity contribution in [3.63, 3.8) is 0 Å². The summed E-state index contributed by atoms with van der Waals surface area (Å²) in [6.45, 7) is 11.9. The van der Waals surface area contributed by atoms with Gasteiger partial charge in [0.25, 0.3) is 0 Å². The minimum absolute atomic E-state index is 0.0133. The number of nitrogens with zero attached hydrogens (tertiary/aromatic N) is 2. The Labute approximate surface area is 164 Å². The van der Waals surface area contributed by atoms with Crippen LogP contribution < -0.4 is 0 Å². The zero-order valence-electron chi connectivity index (χ0n) is 17.0. The van der Waals surface area contributed by atoms with Gasteiger partial charge >= 0.3 is 0 Å². The molecule has 2 aromatic rings. The highest BCUT2D eigenvalue weighted by molar-refractivity contribution is 6.95. The van der Waals surface area contributed by atoms with Crippen LogP contribution in [-0.4, -0.2) is 37.6 Å². The quantitative estimate of drug-likeness (QED) is 0.536. The number of rotatable bonds is 4. The van der Waals surface area contributed by atoms with E-state index < -0.39 is 16.5 Å². The van der Waals surface area contributed by atoms with Gasteiger partial charge in [-0.15, -0.1) is 0 Å². The van der Waals surface area contributed by atoms with Crippen LogP contribution in [0, 0.1) is 0 Å². The second kappa shape index (κ2) is 6.46. The van der Waals surface area contributed by atoms with Crippen molar-refractivity contribution >= 4 is 22.4 Å². The summed E-state index contributed by atoms with van der Waals surface area (Å²) in [5.74, 6) is 1.19. The fourth-order valence-corrected chi connectivity index (χ4v) is 19.9. The molecule has 2 fully saturated rings. The first-order chi connectivity index (χ1) is 12.7. The van der Waals surface area contributed by atoms with E-state index in [0.717, 1.165) is 5.76 Å². The predicted molar refractivity (Wildman–Crippen MR) is 113 cm³/mol. The summed E-state index contributed by atoms with van der Waals surface area (Å²) in [6.07, 6.45) is 1.73. The number of hydrogen-bond donors (Lipinski definition) is 0. The second-order valence-electron chi connectivity index (χ2n) is 9.23. The molecule has 0 bridgehead atoms. The van der Waals surface area contributed by atoms with Crippen LogP contribution in [0.15, 0.2) is 53.1 Å². The molecule has 4 rings (SSSR count). The molecule has 1 aromatic heterocycles. The molecule has 4 nitrogen and oxygen atoms in total. The number of amides is 1. The van der Waals surface area contributed by atoms with E-state index in [1.165, 1.54) is 17.7 Å². The van der Waals surface area contributed by atoms with Gasteiger partial charge in [0.2, 0.25) is 5.91 Å². The summed E-state index contributed by atoms with van der Waals surface area (Å²) in [7, 11) is -3.14. The van der Waals surface area contributed by atoms with E-state index in [-0.39, 0.29) is 24.0 Å². The summed E-state index contributed by atoms with van der Waals surface area (Å²) in [5.41, 5.74) is 1.18. The first-order valence-electron chi connectivity index (χ1n) is 9.94. The minimum Gasteiger partial charge on any atom is -0.467 e. The van der Waals surface area contributed by atoms with E-state index in [4.69, 9.17) is 4.42 Å². The Bertz CT molecular complexity index is 804. The Kier molecular flexibility index (Phi) is 4.48. The van der Waals surface area contributed by atoms with Crippen molar-refractivity contribution in [3.05, 3.63) is 60.1 Å². The summed E-state index contributed by atoms with van der Waals surface area (Å²) < 4.78 is 8.56. The van der Waals surface area contributed by atoms with E-state index in [2.05, 4.69) is 49.5 Å². The molecule has 144 valence electrons. The van der Waals surface area contributed by atoms with Gasteiger partial charge in [0.15, 0.2) is 0 Å². The van der Waals surface area contributed by atoms with Gasteiger partial charge in [0, 0.05) is 0 Å². The third-order valence-electron chi connectivity index (χ3n) is 6.57. The lowest BCUT2D eigenvalue weighted by molar-refractivity contribution is -0.160. The van der Waals surface area contributed by atoms with E-state index >= 15 is 0 Å². The van der Waals surface area contributed by atoms with Crippen molar-refractivity contribution in [2.24, 2.45) is 0 Å². The molecule has 6 heteroatoms. The van der Waals surface area contributed by atoms with Crippen molar-refractivity contribution in [1.82, 2.24) is 9.13 Å². The van der Waals surface area contributed by atoms with Crippen molar-refractivity contribution in [2.45, 2.75) is 63.3 Å².